The second-order valence-corrected chi connectivity index (χ2v) is 0.995. The number of hydroxylamine groups is 2. The summed E-state index contributed by atoms with van der Waals surface area (Å²) in [6, 6.07) is 0. The van der Waals surface area contributed by atoms with E-state index in [1.165, 1.54) is 0 Å². The molecule has 0 N–H and O–H groups in total. The van der Waals surface area contributed by atoms with Crippen molar-refractivity contribution in [2.45, 2.75) is 0 Å². The molecule has 0 aromatic rings. The average molecular weight is 75.1 g/mol. The van der Waals surface area contributed by atoms with E-state index >= 15 is 0 Å². The van der Waals surface area contributed by atoms with Crippen LogP contribution in [-0.2, 0) is 4.84 Å². The maximum absolute atomic E-state index is 4.58. The zero-order chi connectivity index (χ0) is 4.28. The molecule has 0 aliphatic rings. The van der Waals surface area contributed by atoms with Crippen molar-refractivity contribution in [3.8, 4) is 0 Å². The second kappa shape index (κ2) is 2.18. The normalized spacial score (nSPS) is 9.60. The quantitative estimate of drug-likeness (QED) is 0.315. The van der Waals surface area contributed by atoms with Crippen LogP contribution in [0, 0.1) is 0 Å². The predicted molar refractivity (Wildman–Crippen MR) is 21.0 cm³/mol. The van der Waals surface area contributed by atoms with E-state index in [0.29, 0.717) is 0 Å². The van der Waals surface area contributed by atoms with Crippen molar-refractivity contribution in [2.24, 2.45) is 0 Å². The third-order valence-electron chi connectivity index (χ3n) is 0.365. The number of hydrogen-bond acceptors (Lipinski definition) is 2. The largest absolute Gasteiger partial charge is 0.153 e. The zero-order valence-electron chi connectivity index (χ0n) is 3.86. The summed E-state index contributed by atoms with van der Waals surface area (Å²) in [6.07, 6.45) is 0. The molecule has 0 fully saturated rings. The SMILES string of the molecule is CO[N+](C)C. The van der Waals surface area contributed by atoms with E-state index in [0.717, 1.165) is 0 Å². The molecule has 2 nitrogen and oxygen atoms in total. The topological polar surface area (TPSA) is 15.1 Å². The van der Waals surface area contributed by atoms with Crippen LogP contribution in [0.2, 0.25) is 0 Å². The molecule has 0 aliphatic carbocycles. The Balaban J connectivity index is 2.54. The Hall–Kier alpha value is -0.0800. The molecule has 0 atom stereocenters. The molecule has 0 saturated heterocycles. The summed E-state index contributed by atoms with van der Waals surface area (Å²) in [7, 11) is 5.29. The third-order valence-corrected chi connectivity index (χ3v) is 0.365. The van der Waals surface area contributed by atoms with Gasteiger partial charge in [0.05, 0.1) is 0 Å². The molecular weight excluding hydrogens is 66.0 g/mol. The van der Waals surface area contributed by atoms with E-state index in [-0.39, 0.29) is 0 Å². The first kappa shape index (κ1) is 4.92. The van der Waals surface area contributed by atoms with Crippen LogP contribution in [0.5, 0.6) is 0 Å². The van der Waals surface area contributed by atoms with Crippen LogP contribution >= 0.6 is 0 Å². The first-order valence-corrected chi connectivity index (χ1v) is 1.49. The van der Waals surface area contributed by atoms with Crippen LogP contribution < -0.4 is 5.06 Å². The minimum Gasteiger partial charge on any atom is -0.153 e. The lowest BCUT2D eigenvalue weighted by molar-refractivity contribution is 0.00710. The van der Waals surface area contributed by atoms with Crippen LogP contribution in [-0.4, -0.2) is 21.2 Å². The fourth-order valence-corrected chi connectivity index (χ4v) is 0. The summed E-state index contributed by atoms with van der Waals surface area (Å²) in [4.78, 5) is 4.58. The second-order valence-electron chi connectivity index (χ2n) is 0.995. The molecule has 1 radical (unpaired) electrons. The molecule has 0 bridgehead atoms. The Bertz CT molecular complexity index is 20.9. The van der Waals surface area contributed by atoms with Crippen molar-refractivity contribution in [1.29, 1.82) is 0 Å². The van der Waals surface area contributed by atoms with Gasteiger partial charge in [0.1, 0.15) is 21.2 Å². The summed E-state index contributed by atoms with van der Waals surface area (Å²) < 4.78 is 0. The fourth-order valence-electron chi connectivity index (χ4n) is 0. The van der Waals surface area contributed by atoms with Gasteiger partial charge in [-0.2, -0.15) is 4.84 Å². The molecule has 0 heterocycles. The summed E-state index contributed by atoms with van der Waals surface area (Å²) in [5.41, 5.74) is 0. The molecule has 0 rings (SSSR count). The van der Waals surface area contributed by atoms with E-state index in [1.54, 1.807) is 12.2 Å². The average Bonchev–Trinajstić information content (AvgIpc) is 1.38. The number of hydrogen-bond donors (Lipinski definition) is 0. The molecular formula is C3H9NO+. The molecule has 31 valence electrons. The maximum Gasteiger partial charge on any atom is 0.149 e. The molecule has 0 amide bonds. The smallest absolute Gasteiger partial charge is 0.149 e. The van der Waals surface area contributed by atoms with Crippen molar-refractivity contribution < 1.29 is 4.84 Å². The highest BCUT2D eigenvalue weighted by molar-refractivity contribution is 4.08. The Morgan fingerprint density at radius 2 is 1.60 bits per heavy atom. The van der Waals surface area contributed by atoms with Gasteiger partial charge in [0.25, 0.3) is 0 Å². The maximum atomic E-state index is 4.58. The highest BCUT2D eigenvalue weighted by Crippen LogP contribution is 1.57. The number of nitrogens with zero attached hydrogens (tertiary/aromatic N) is 1. The van der Waals surface area contributed by atoms with Crippen LogP contribution in [0.25, 0.3) is 0 Å². The van der Waals surface area contributed by atoms with Crippen molar-refractivity contribution in [3.63, 3.8) is 0 Å². The highest BCUT2D eigenvalue weighted by Gasteiger charge is 1.86. The molecule has 2 heteroatoms. The van der Waals surface area contributed by atoms with Gasteiger partial charge in [-0.15, -0.1) is 0 Å². The number of rotatable bonds is 1. The van der Waals surface area contributed by atoms with Crippen molar-refractivity contribution in [2.75, 3.05) is 21.2 Å². The van der Waals surface area contributed by atoms with Gasteiger partial charge in [-0.25, -0.2) is 0 Å². The molecule has 0 saturated carbocycles. The van der Waals surface area contributed by atoms with Crippen molar-refractivity contribution in [1.82, 2.24) is 5.06 Å². The standard InChI is InChI=1S/C3H9NO/c1-4(2)5-3/h1-3H3/q+1. The van der Waals surface area contributed by atoms with Gasteiger partial charge in [-0.05, 0) is 5.06 Å². The van der Waals surface area contributed by atoms with Gasteiger partial charge in [0.2, 0.25) is 0 Å². The van der Waals surface area contributed by atoms with E-state index < -0.39 is 0 Å². The van der Waals surface area contributed by atoms with Gasteiger partial charge >= 0.3 is 0 Å². The lowest BCUT2D eigenvalue weighted by atomic mass is 11.2. The van der Waals surface area contributed by atoms with Crippen LogP contribution in [0.3, 0.4) is 0 Å². The third kappa shape index (κ3) is 3.92. The Morgan fingerprint density at radius 1 is 1.40 bits per heavy atom. The van der Waals surface area contributed by atoms with Crippen LogP contribution in [0.15, 0.2) is 0 Å². The zero-order valence-corrected chi connectivity index (χ0v) is 3.86. The monoisotopic (exact) mass is 75.1 g/mol. The molecule has 0 unspecified atom stereocenters. The minimum atomic E-state index is 1.62. The van der Waals surface area contributed by atoms with Crippen molar-refractivity contribution >= 4 is 0 Å². The van der Waals surface area contributed by atoms with Crippen LogP contribution in [0.1, 0.15) is 0 Å². The van der Waals surface area contributed by atoms with E-state index in [2.05, 4.69) is 4.84 Å². The van der Waals surface area contributed by atoms with Gasteiger partial charge in [-0.1, -0.05) is 0 Å². The van der Waals surface area contributed by atoms with Crippen molar-refractivity contribution in [3.05, 3.63) is 0 Å². The molecule has 0 aromatic heterocycles. The minimum absolute atomic E-state index is 1.62. The summed E-state index contributed by atoms with van der Waals surface area (Å²) in [5, 5.41) is 1.62. The summed E-state index contributed by atoms with van der Waals surface area (Å²) in [5.74, 6) is 0. The highest BCUT2D eigenvalue weighted by atomic mass is 16.7. The van der Waals surface area contributed by atoms with E-state index in [1.807, 2.05) is 14.1 Å². The lowest BCUT2D eigenvalue weighted by Crippen LogP contribution is -2.15. The van der Waals surface area contributed by atoms with Gasteiger partial charge in [0, 0.05) is 0 Å². The Labute approximate surface area is 32.3 Å². The van der Waals surface area contributed by atoms with Gasteiger partial charge in [-0.3, -0.25) is 0 Å². The molecule has 0 aliphatic heterocycles. The predicted octanol–water partition coefficient (Wildman–Crippen LogP) is -0.0525. The summed E-state index contributed by atoms with van der Waals surface area (Å²) >= 11 is 0. The Morgan fingerprint density at radius 3 is 1.60 bits per heavy atom. The van der Waals surface area contributed by atoms with E-state index in [4.69, 9.17) is 0 Å². The van der Waals surface area contributed by atoms with Crippen LogP contribution in [0.4, 0.5) is 0 Å². The first-order valence-electron chi connectivity index (χ1n) is 1.49. The van der Waals surface area contributed by atoms with E-state index in [9.17, 15) is 0 Å². The lowest BCUT2D eigenvalue weighted by Gasteiger charge is -1.85. The first-order chi connectivity index (χ1) is 2.27. The molecule has 5 heavy (non-hydrogen) atoms. The van der Waals surface area contributed by atoms with Gasteiger partial charge < -0.3 is 0 Å². The molecule has 0 aromatic carbocycles. The summed E-state index contributed by atoms with van der Waals surface area (Å²) in [6.45, 7) is 0. The Kier molecular flexibility index (Phi) is 2.14. The fraction of sp³-hybridized carbons (Fsp3) is 1.00. The molecule has 0 spiro atoms. The van der Waals surface area contributed by atoms with Gasteiger partial charge in [0.15, 0.2) is 0 Å².